The Labute approximate surface area is 123 Å². The van der Waals surface area contributed by atoms with Crippen LogP contribution in [-0.2, 0) is 6.61 Å². The van der Waals surface area contributed by atoms with E-state index in [1.54, 1.807) is 6.20 Å². The third kappa shape index (κ3) is 1.78. The highest BCUT2D eigenvalue weighted by Gasteiger charge is 2.16. The lowest BCUT2D eigenvalue weighted by atomic mass is 10.1. The summed E-state index contributed by atoms with van der Waals surface area (Å²) in [5, 5.41) is 24.5. The zero-order valence-electron chi connectivity index (χ0n) is 10.6. The molecule has 0 radical (unpaired) electrons. The number of aliphatic hydroxyl groups excluding tert-OH is 1. The molecule has 0 fully saturated rings. The Kier molecular flexibility index (Phi) is 2.63. The molecule has 3 N–H and O–H groups in total. The maximum Gasteiger partial charge on any atom is 0.200 e. The van der Waals surface area contributed by atoms with Crippen LogP contribution in [0.2, 0.25) is 5.02 Å². The minimum absolute atomic E-state index is 0.180. The number of nitrogens with one attached hydrogen (secondary N) is 2. The largest absolute Gasteiger partial charge is 0.390 e. The third-order valence-corrected chi connectivity index (χ3v) is 3.69. The van der Waals surface area contributed by atoms with Gasteiger partial charge in [0.05, 0.1) is 40.9 Å². The molecule has 8 heteroatoms. The molecule has 0 aliphatic heterocycles. The average molecular weight is 301 g/mol. The number of aliphatic hydroxyl groups is 1. The molecular weight excluding hydrogens is 292 g/mol. The van der Waals surface area contributed by atoms with E-state index < -0.39 is 0 Å². The molecular formula is C13H9ClN6O. The number of aromatic amines is 2. The number of benzene rings is 1. The quantitative estimate of drug-likeness (QED) is 0.525. The van der Waals surface area contributed by atoms with Crippen LogP contribution in [0.25, 0.3) is 33.3 Å². The van der Waals surface area contributed by atoms with Crippen LogP contribution in [0.4, 0.5) is 0 Å². The van der Waals surface area contributed by atoms with Crippen molar-refractivity contribution in [2.75, 3.05) is 0 Å². The van der Waals surface area contributed by atoms with Gasteiger partial charge in [0, 0.05) is 10.9 Å². The van der Waals surface area contributed by atoms with E-state index in [2.05, 4.69) is 30.4 Å². The van der Waals surface area contributed by atoms with Crippen LogP contribution < -0.4 is 0 Å². The summed E-state index contributed by atoms with van der Waals surface area (Å²) >= 11 is 6.43. The average Bonchev–Trinajstić information content (AvgIpc) is 3.14. The molecule has 0 bridgehead atoms. The number of nitrogens with zero attached hydrogens (tertiary/aromatic N) is 4. The van der Waals surface area contributed by atoms with Crippen molar-refractivity contribution in [3.63, 3.8) is 0 Å². The first kappa shape index (κ1) is 12.2. The molecule has 0 saturated carbocycles. The molecule has 0 saturated heterocycles. The number of aromatic nitrogens is 6. The van der Waals surface area contributed by atoms with Crippen molar-refractivity contribution < 1.29 is 5.11 Å². The summed E-state index contributed by atoms with van der Waals surface area (Å²) in [6.45, 7) is -0.180. The summed E-state index contributed by atoms with van der Waals surface area (Å²) in [7, 11) is 0. The van der Waals surface area contributed by atoms with Crippen molar-refractivity contribution in [3.8, 4) is 11.3 Å². The van der Waals surface area contributed by atoms with Crippen LogP contribution >= 0.6 is 11.6 Å². The Bertz CT molecular complexity index is 960. The summed E-state index contributed by atoms with van der Waals surface area (Å²) in [5.74, 6) is 0. The minimum atomic E-state index is -0.180. The fourth-order valence-corrected chi connectivity index (χ4v) is 2.58. The van der Waals surface area contributed by atoms with Gasteiger partial charge in [0.2, 0.25) is 0 Å². The van der Waals surface area contributed by atoms with Crippen molar-refractivity contribution >= 4 is 33.7 Å². The van der Waals surface area contributed by atoms with Gasteiger partial charge >= 0.3 is 0 Å². The van der Waals surface area contributed by atoms with Gasteiger partial charge in [-0.3, -0.25) is 10.2 Å². The van der Waals surface area contributed by atoms with E-state index in [9.17, 15) is 5.11 Å². The first-order chi connectivity index (χ1) is 10.3. The fraction of sp³-hybridized carbons (Fsp3) is 0.0769. The summed E-state index contributed by atoms with van der Waals surface area (Å²) < 4.78 is 0. The first-order valence-corrected chi connectivity index (χ1v) is 6.58. The molecule has 104 valence electrons. The van der Waals surface area contributed by atoms with Gasteiger partial charge < -0.3 is 5.11 Å². The van der Waals surface area contributed by atoms with Crippen LogP contribution in [0, 0.1) is 0 Å². The molecule has 0 spiro atoms. The van der Waals surface area contributed by atoms with Crippen molar-refractivity contribution in [1.82, 2.24) is 30.4 Å². The molecule has 4 rings (SSSR count). The Balaban J connectivity index is 2.01. The highest BCUT2D eigenvalue weighted by Crippen LogP contribution is 2.34. The van der Waals surface area contributed by atoms with Crippen LogP contribution in [0.5, 0.6) is 0 Å². The van der Waals surface area contributed by atoms with Crippen LogP contribution in [0.3, 0.4) is 0 Å². The normalized spacial score (nSPS) is 11.5. The van der Waals surface area contributed by atoms with Crippen LogP contribution in [0.1, 0.15) is 5.69 Å². The lowest BCUT2D eigenvalue weighted by molar-refractivity contribution is 0.277. The van der Waals surface area contributed by atoms with E-state index in [0.29, 0.717) is 27.6 Å². The summed E-state index contributed by atoms with van der Waals surface area (Å²) in [5.41, 5.74) is 3.69. The predicted molar refractivity (Wildman–Crippen MR) is 77.7 cm³/mol. The molecule has 3 heterocycles. The predicted octanol–water partition coefficient (Wildman–Crippen LogP) is 2.04. The number of hydrogen-bond acceptors (Lipinski definition) is 5. The lowest BCUT2D eigenvalue weighted by Gasteiger charge is -2.03. The van der Waals surface area contributed by atoms with Crippen LogP contribution in [-0.4, -0.2) is 35.5 Å². The fourth-order valence-electron chi connectivity index (χ4n) is 2.27. The SMILES string of the molecule is OCc1cnc2n[nH]c(-c3ccc4cn[nH]c4c3Cl)c2n1. The molecule has 21 heavy (non-hydrogen) atoms. The van der Waals surface area contributed by atoms with Gasteiger partial charge in [0.15, 0.2) is 5.65 Å². The van der Waals surface area contributed by atoms with Gasteiger partial charge in [-0.15, -0.1) is 0 Å². The van der Waals surface area contributed by atoms with Gasteiger partial charge in [-0.05, 0) is 0 Å². The minimum Gasteiger partial charge on any atom is -0.390 e. The molecule has 0 unspecified atom stereocenters. The standard InChI is InChI=1S/C13H9ClN6O/c14-9-8(2-1-6-3-16-18-10(6)9)11-12-13(20-19-11)15-4-7(5-21)17-12/h1-4,21H,5H2,(H,16,18)(H,15,19,20). The Hall–Kier alpha value is -2.51. The van der Waals surface area contributed by atoms with E-state index in [1.807, 2.05) is 12.1 Å². The summed E-state index contributed by atoms with van der Waals surface area (Å²) in [6.07, 6.45) is 3.20. The van der Waals surface area contributed by atoms with E-state index in [4.69, 9.17) is 11.6 Å². The van der Waals surface area contributed by atoms with E-state index >= 15 is 0 Å². The first-order valence-electron chi connectivity index (χ1n) is 6.20. The number of hydrogen-bond donors (Lipinski definition) is 3. The van der Waals surface area contributed by atoms with E-state index in [-0.39, 0.29) is 6.61 Å². The van der Waals surface area contributed by atoms with E-state index in [0.717, 1.165) is 16.5 Å². The maximum atomic E-state index is 9.19. The third-order valence-electron chi connectivity index (χ3n) is 3.30. The zero-order valence-corrected chi connectivity index (χ0v) is 11.4. The Morgan fingerprint density at radius 1 is 1.19 bits per heavy atom. The summed E-state index contributed by atoms with van der Waals surface area (Å²) in [6, 6.07) is 3.79. The monoisotopic (exact) mass is 300 g/mol. The highest BCUT2D eigenvalue weighted by atomic mass is 35.5. The van der Waals surface area contributed by atoms with Crippen LogP contribution in [0.15, 0.2) is 24.5 Å². The summed E-state index contributed by atoms with van der Waals surface area (Å²) in [4.78, 5) is 8.50. The molecule has 7 nitrogen and oxygen atoms in total. The highest BCUT2D eigenvalue weighted by molar-refractivity contribution is 6.38. The number of H-pyrrole nitrogens is 2. The second kappa shape index (κ2) is 4.51. The van der Waals surface area contributed by atoms with Crippen molar-refractivity contribution in [3.05, 3.63) is 35.2 Å². The van der Waals surface area contributed by atoms with Gasteiger partial charge in [0.25, 0.3) is 0 Å². The second-order valence-electron chi connectivity index (χ2n) is 4.55. The van der Waals surface area contributed by atoms with E-state index in [1.165, 1.54) is 6.20 Å². The molecule has 1 aromatic carbocycles. The smallest absolute Gasteiger partial charge is 0.200 e. The molecule has 0 atom stereocenters. The number of rotatable bonds is 2. The Morgan fingerprint density at radius 3 is 2.95 bits per heavy atom. The molecule has 0 aliphatic rings. The number of fused-ring (bicyclic) bond motifs is 2. The Morgan fingerprint density at radius 2 is 2.10 bits per heavy atom. The van der Waals surface area contributed by atoms with Gasteiger partial charge in [-0.25, -0.2) is 9.97 Å². The lowest BCUT2D eigenvalue weighted by Crippen LogP contribution is -1.92. The molecule has 0 aliphatic carbocycles. The van der Waals surface area contributed by atoms with Gasteiger partial charge in [0.1, 0.15) is 5.52 Å². The molecule has 4 aromatic rings. The zero-order chi connectivity index (χ0) is 14.4. The van der Waals surface area contributed by atoms with Crippen molar-refractivity contribution in [2.24, 2.45) is 0 Å². The molecule has 0 amide bonds. The molecule has 3 aromatic heterocycles. The maximum absolute atomic E-state index is 9.19. The topological polar surface area (TPSA) is 103 Å². The van der Waals surface area contributed by atoms with Crippen molar-refractivity contribution in [1.29, 1.82) is 0 Å². The van der Waals surface area contributed by atoms with Gasteiger partial charge in [-0.1, -0.05) is 23.7 Å². The van der Waals surface area contributed by atoms with Crippen molar-refractivity contribution in [2.45, 2.75) is 6.61 Å². The second-order valence-corrected chi connectivity index (χ2v) is 4.93. The van der Waals surface area contributed by atoms with Gasteiger partial charge in [-0.2, -0.15) is 10.2 Å². The number of halogens is 1.